The first kappa shape index (κ1) is 21.5. The summed E-state index contributed by atoms with van der Waals surface area (Å²) >= 11 is 5.17. The minimum atomic E-state index is -0.137. The SMILES string of the molecule is CON=Cc1ccc(-n2nc(-c3cccnc3)c3c2-c2sc(NC(C)=O)nc2CC3)c(Br)c1. The van der Waals surface area contributed by atoms with E-state index in [-0.39, 0.29) is 5.91 Å². The highest BCUT2D eigenvalue weighted by Gasteiger charge is 2.30. The zero-order valence-electron chi connectivity index (χ0n) is 17.9. The van der Waals surface area contributed by atoms with Crippen LogP contribution < -0.4 is 5.32 Å². The van der Waals surface area contributed by atoms with E-state index in [1.54, 1.807) is 12.4 Å². The molecule has 1 aromatic carbocycles. The molecule has 166 valence electrons. The van der Waals surface area contributed by atoms with Crippen LogP contribution in [0.5, 0.6) is 0 Å². The molecule has 4 aromatic rings. The molecule has 0 bridgehead atoms. The van der Waals surface area contributed by atoms with Crippen LogP contribution in [0.1, 0.15) is 23.7 Å². The van der Waals surface area contributed by atoms with Crippen LogP contribution in [0, 0.1) is 0 Å². The summed E-state index contributed by atoms with van der Waals surface area (Å²) in [5.41, 5.74) is 6.74. The first-order valence-electron chi connectivity index (χ1n) is 10.2. The normalized spacial score (nSPS) is 12.5. The van der Waals surface area contributed by atoms with Crippen LogP contribution in [0.2, 0.25) is 0 Å². The zero-order chi connectivity index (χ0) is 22.9. The summed E-state index contributed by atoms with van der Waals surface area (Å²) in [5, 5.41) is 12.3. The molecule has 0 aliphatic heterocycles. The summed E-state index contributed by atoms with van der Waals surface area (Å²) in [6.07, 6.45) is 6.81. The van der Waals surface area contributed by atoms with Crippen molar-refractivity contribution in [3.63, 3.8) is 0 Å². The number of thiazole rings is 1. The summed E-state index contributed by atoms with van der Waals surface area (Å²) in [6, 6.07) is 9.85. The topological polar surface area (TPSA) is 94.3 Å². The number of halogens is 1. The Kier molecular flexibility index (Phi) is 5.77. The van der Waals surface area contributed by atoms with Gasteiger partial charge in [0.1, 0.15) is 7.11 Å². The number of aryl methyl sites for hydroxylation is 1. The Hall–Kier alpha value is -3.37. The Morgan fingerprint density at radius 3 is 2.94 bits per heavy atom. The molecule has 0 unspecified atom stereocenters. The van der Waals surface area contributed by atoms with Gasteiger partial charge < -0.3 is 10.2 Å². The van der Waals surface area contributed by atoms with Crippen molar-refractivity contribution < 1.29 is 9.63 Å². The average molecular weight is 523 g/mol. The molecule has 5 rings (SSSR count). The van der Waals surface area contributed by atoms with E-state index in [0.29, 0.717) is 5.13 Å². The molecule has 0 radical (unpaired) electrons. The first-order chi connectivity index (χ1) is 16.0. The van der Waals surface area contributed by atoms with Gasteiger partial charge in [-0.2, -0.15) is 5.10 Å². The molecule has 3 heterocycles. The van der Waals surface area contributed by atoms with Crippen LogP contribution in [0.15, 0.2) is 52.4 Å². The lowest BCUT2D eigenvalue weighted by Crippen LogP contribution is -2.07. The predicted molar refractivity (Wildman–Crippen MR) is 132 cm³/mol. The lowest BCUT2D eigenvalue weighted by Gasteiger charge is -2.15. The van der Waals surface area contributed by atoms with Gasteiger partial charge in [0.2, 0.25) is 5.91 Å². The molecule has 0 saturated carbocycles. The highest BCUT2D eigenvalue weighted by Crippen LogP contribution is 2.44. The summed E-state index contributed by atoms with van der Waals surface area (Å²) in [5.74, 6) is -0.137. The van der Waals surface area contributed by atoms with Gasteiger partial charge in [-0.15, -0.1) is 0 Å². The predicted octanol–water partition coefficient (Wildman–Crippen LogP) is 4.86. The van der Waals surface area contributed by atoms with Gasteiger partial charge >= 0.3 is 0 Å². The third-order valence-corrected chi connectivity index (χ3v) is 6.89. The van der Waals surface area contributed by atoms with E-state index >= 15 is 0 Å². The molecular weight excluding hydrogens is 504 g/mol. The Morgan fingerprint density at radius 2 is 2.21 bits per heavy atom. The van der Waals surface area contributed by atoms with Crippen molar-refractivity contribution in [3.05, 3.63) is 64.0 Å². The Bertz CT molecular complexity index is 1380. The van der Waals surface area contributed by atoms with Crippen molar-refractivity contribution in [1.29, 1.82) is 0 Å². The van der Waals surface area contributed by atoms with Gasteiger partial charge in [-0.05, 0) is 58.6 Å². The number of benzene rings is 1. The molecule has 0 fully saturated rings. The second-order valence-corrected chi connectivity index (χ2v) is 9.29. The Balaban J connectivity index is 1.71. The number of nitrogens with zero attached hydrogens (tertiary/aromatic N) is 5. The van der Waals surface area contributed by atoms with Crippen LogP contribution in [0.3, 0.4) is 0 Å². The minimum absolute atomic E-state index is 0.137. The Morgan fingerprint density at radius 1 is 1.33 bits per heavy atom. The van der Waals surface area contributed by atoms with Gasteiger partial charge in [0, 0.05) is 34.9 Å². The number of anilines is 1. The maximum atomic E-state index is 11.6. The summed E-state index contributed by atoms with van der Waals surface area (Å²) in [7, 11) is 1.51. The van der Waals surface area contributed by atoms with Crippen LogP contribution in [-0.2, 0) is 22.5 Å². The molecule has 10 heteroatoms. The van der Waals surface area contributed by atoms with Gasteiger partial charge in [-0.1, -0.05) is 22.6 Å². The number of hydrogen-bond acceptors (Lipinski definition) is 7. The number of carbonyl (C=O) groups excluding carboxylic acids is 1. The van der Waals surface area contributed by atoms with E-state index in [1.807, 2.05) is 41.2 Å². The second kappa shape index (κ2) is 8.87. The van der Waals surface area contributed by atoms with E-state index in [2.05, 4.69) is 36.4 Å². The van der Waals surface area contributed by atoms with E-state index in [0.717, 1.165) is 61.7 Å². The van der Waals surface area contributed by atoms with Crippen molar-refractivity contribution in [1.82, 2.24) is 19.7 Å². The van der Waals surface area contributed by atoms with Gasteiger partial charge in [0.25, 0.3) is 0 Å². The molecule has 8 nitrogen and oxygen atoms in total. The lowest BCUT2D eigenvalue weighted by molar-refractivity contribution is -0.114. The van der Waals surface area contributed by atoms with Crippen molar-refractivity contribution in [2.45, 2.75) is 19.8 Å². The zero-order valence-corrected chi connectivity index (χ0v) is 20.3. The third kappa shape index (κ3) is 4.07. The first-order valence-corrected chi connectivity index (χ1v) is 11.8. The molecule has 1 N–H and O–H groups in total. The standard InChI is InChI=1S/C23H19BrN6O2S/c1-13(31)27-23-28-18-7-6-16-20(15-4-3-9-25-12-15)29-30(21(16)22(18)33-23)19-8-5-14(10-17(19)24)11-26-32-2/h3-5,8-12H,6-7H2,1-2H3,(H,27,28,31). The minimum Gasteiger partial charge on any atom is -0.399 e. The van der Waals surface area contributed by atoms with Gasteiger partial charge in [0.15, 0.2) is 5.13 Å². The van der Waals surface area contributed by atoms with Crippen molar-refractivity contribution >= 4 is 44.5 Å². The summed E-state index contributed by atoms with van der Waals surface area (Å²) in [6.45, 7) is 1.49. The van der Waals surface area contributed by atoms with Crippen LogP contribution in [0.4, 0.5) is 5.13 Å². The van der Waals surface area contributed by atoms with E-state index < -0.39 is 0 Å². The molecule has 1 aliphatic rings. The number of amides is 1. The number of pyridine rings is 1. The molecule has 3 aromatic heterocycles. The number of fused-ring (bicyclic) bond motifs is 3. The maximum absolute atomic E-state index is 11.6. The fourth-order valence-corrected chi connectivity index (χ4v) is 5.55. The molecule has 1 aliphatic carbocycles. The monoisotopic (exact) mass is 522 g/mol. The second-order valence-electron chi connectivity index (χ2n) is 7.43. The summed E-state index contributed by atoms with van der Waals surface area (Å²) in [4.78, 5) is 26.4. The van der Waals surface area contributed by atoms with E-state index in [1.165, 1.54) is 25.4 Å². The number of hydrogen-bond donors (Lipinski definition) is 1. The van der Waals surface area contributed by atoms with Crippen molar-refractivity contribution in [3.8, 4) is 27.5 Å². The quantitative estimate of drug-likeness (QED) is 0.298. The fraction of sp³-hybridized carbons (Fsp3) is 0.174. The number of nitrogens with one attached hydrogen (secondary N) is 1. The van der Waals surface area contributed by atoms with Crippen molar-refractivity contribution in [2.24, 2.45) is 5.16 Å². The Labute approximate surface area is 202 Å². The number of rotatable bonds is 5. The van der Waals surface area contributed by atoms with Gasteiger partial charge in [-0.3, -0.25) is 9.78 Å². The smallest absolute Gasteiger partial charge is 0.223 e. The van der Waals surface area contributed by atoms with Crippen LogP contribution >= 0.6 is 27.3 Å². The van der Waals surface area contributed by atoms with Gasteiger partial charge in [0.05, 0.1) is 33.9 Å². The number of carbonyl (C=O) groups is 1. The van der Waals surface area contributed by atoms with Crippen LogP contribution in [0.25, 0.3) is 27.5 Å². The molecule has 0 saturated heterocycles. The molecule has 33 heavy (non-hydrogen) atoms. The van der Waals surface area contributed by atoms with Crippen LogP contribution in [-0.4, -0.2) is 39.0 Å². The largest absolute Gasteiger partial charge is 0.399 e. The molecular formula is C23H19BrN6O2S. The highest BCUT2D eigenvalue weighted by molar-refractivity contribution is 9.10. The fourth-order valence-electron chi connectivity index (χ4n) is 3.87. The van der Waals surface area contributed by atoms with Crippen molar-refractivity contribution in [2.75, 3.05) is 12.4 Å². The molecule has 0 spiro atoms. The maximum Gasteiger partial charge on any atom is 0.223 e. The highest BCUT2D eigenvalue weighted by atomic mass is 79.9. The number of aromatic nitrogens is 4. The average Bonchev–Trinajstić information content (AvgIpc) is 3.38. The third-order valence-electron chi connectivity index (χ3n) is 5.23. The van der Waals surface area contributed by atoms with Gasteiger partial charge in [-0.25, -0.2) is 9.67 Å². The molecule has 1 amide bonds. The summed E-state index contributed by atoms with van der Waals surface area (Å²) < 4.78 is 2.82. The lowest BCUT2D eigenvalue weighted by atomic mass is 9.95. The van der Waals surface area contributed by atoms with E-state index in [9.17, 15) is 4.79 Å². The number of oxime groups is 1. The van der Waals surface area contributed by atoms with E-state index in [4.69, 9.17) is 9.94 Å². The molecule has 0 atom stereocenters.